The number of hydrogen-bond donors (Lipinski definition) is 1. The molecule has 1 aliphatic heterocycles. The molecule has 0 aliphatic carbocycles. The molecule has 3 rings (SSSR count). The fourth-order valence-electron chi connectivity index (χ4n) is 2.81. The van der Waals surface area contributed by atoms with E-state index in [-0.39, 0.29) is 0 Å². The zero-order valence-corrected chi connectivity index (χ0v) is 14.9. The highest BCUT2D eigenvalue weighted by molar-refractivity contribution is 6.30. The Labute approximate surface area is 152 Å². The molecule has 1 amide bonds. The molecule has 0 spiro atoms. The number of carbonyl (C=O) groups is 1. The SMILES string of the molecule is CCOC(=O)Nc1ccc(N2CCN(c3cccc(Cl)c3)CC2)cn1. The van der Waals surface area contributed by atoms with E-state index in [1.54, 1.807) is 19.2 Å². The third kappa shape index (κ3) is 4.54. The molecule has 2 heterocycles. The number of nitrogens with one attached hydrogen (secondary N) is 1. The molecule has 0 atom stereocenters. The quantitative estimate of drug-likeness (QED) is 0.902. The minimum Gasteiger partial charge on any atom is -0.450 e. The normalized spacial score (nSPS) is 14.3. The van der Waals surface area contributed by atoms with E-state index < -0.39 is 6.09 Å². The molecule has 1 aromatic heterocycles. The van der Waals surface area contributed by atoms with E-state index in [0.29, 0.717) is 12.4 Å². The smallest absolute Gasteiger partial charge is 0.412 e. The highest BCUT2D eigenvalue weighted by atomic mass is 35.5. The van der Waals surface area contributed by atoms with Gasteiger partial charge in [-0.05, 0) is 37.3 Å². The van der Waals surface area contributed by atoms with Crippen LogP contribution in [-0.2, 0) is 4.74 Å². The molecule has 0 radical (unpaired) electrons. The van der Waals surface area contributed by atoms with Crippen LogP contribution in [0.4, 0.5) is 22.0 Å². The fourth-order valence-corrected chi connectivity index (χ4v) is 3.00. The lowest BCUT2D eigenvalue weighted by atomic mass is 10.2. The van der Waals surface area contributed by atoms with Crippen molar-refractivity contribution in [3.63, 3.8) is 0 Å². The van der Waals surface area contributed by atoms with E-state index >= 15 is 0 Å². The fraction of sp³-hybridized carbons (Fsp3) is 0.333. The summed E-state index contributed by atoms with van der Waals surface area (Å²) in [6, 6.07) is 11.7. The van der Waals surface area contributed by atoms with Crippen LogP contribution in [0, 0.1) is 0 Å². The van der Waals surface area contributed by atoms with Gasteiger partial charge in [0, 0.05) is 36.9 Å². The highest BCUT2D eigenvalue weighted by Gasteiger charge is 2.18. The molecule has 0 unspecified atom stereocenters. The Kier molecular flexibility index (Phi) is 5.60. The zero-order valence-electron chi connectivity index (χ0n) is 14.1. The summed E-state index contributed by atoms with van der Waals surface area (Å²) in [7, 11) is 0. The summed E-state index contributed by atoms with van der Waals surface area (Å²) in [6.07, 6.45) is 1.29. The summed E-state index contributed by atoms with van der Waals surface area (Å²) in [4.78, 5) is 20.3. The maximum absolute atomic E-state index is 11.4. The first kappa shape index (κ1) is 17.4. The molecule has 2 aromatic rings. The predicted molar refractivity (Wildman–Crippen MR) is 101 cm³/mol. The number of carbonyl (C=O) groups excluding carboxylic acids is 1. The second-order valence-corrected chi connectivity index (χ2v) is 6.14. The van der Waals surface area contributed by atoms with Gasteiger partial charge in [0.1, 0.15) is 5.82 Å². The molecule has 1 N–H and O–H groups in total. The molecule has 1 saturated heterocycles. The van der Waals surface area contributed by atoms with E-state index in [0.717, 1.165) is 42.6 Å². The summed E-state index contributed by atoms with van der Waals surface area (Å²) < 4.78 is 4.84. The van der Waals surface area contributed by atoms with Crippen LogP contribution in [0.25, 0.3) is 0 Å². The van der Waals surface area contributed by atoms with Crippen LogP contribution >= 0.6 is 11.6 Å². The Morgan fingerprint density at radius 2 is 1.88 bits per heavy atom. The molecule has 7 heteroatoms. The molecule has 1 aromatic carbocycles. The van der Waals surface area contributed by atoms with Crippen molar-refractivity contribution in [2.45, 2.75) is 6.92 Å². The van der Waals surface area contributed by atoms with Gasteiger partial charge in [-0.1, -0.05) is 17.7 Å². The Morgan fingerprint density at radius 3 is 2.48 bits per heavy atom. The molecule has 25 heavy (non-hydrogen) atoms. The number of ether oxygens (including phenoxy) is 1. The Morgan fingerprint density at radius 1 is 1.16 bits per heavy atom. The van der Waals surface area contributed by atoms with Crippen LogP contribution in [-0.4, -0.2) is 43.9 Å². The van der Waals surface area contributed by atoms with Crippen LogP contribution in [0.15, 0.2) is 42.6 Å². The Balaban J connectivity index is 1.56. The number of hydrogen-bond acceptors (Lipinski definition) is 5. The lowest BCUT2D eigenvalue weighted by molar-refractivity contribution is 0.168. The Hall–Kier alpha value is -2.47. The van der Waals surface area contributed by atoms with Gasteiger partial charge in [-0.25, -0.2) is 9.78 Å². The average Bonchev–Trinajstić information content (AvgIpc) is 2.63. The van der Waals surface area contributed by atoms with E-state index in [4.69, 9.17) is 16.3 Å². The lowest BCUT2D eigenvalue weighted by Crippen LogP contribution is -2.46. The molecular formula is C18H21ClN4O2. The molecule has 0 bridgehead atoms. The van der Waals surface area contributed by atoms with E-state index in [2.05, 4.69) is 26.2 Å². The van der Waals surface area contributed by atoms with Crippen molar-refractivity contribution in [1.29, 1.82) is 0 Å². The minimum atomic E-state index is -0.488. The highest BCUT2D eigenvalue weighted by Crippen LogP contribution is 2.23. The molecule has 0 saturated carbocycles. The van der Waals surface area contributed by atoms with Crippen molar-refractivity contribution < 1.29 is 9.53 Å². The van der Waals surface area contributed by atoms with Gasteiger partial charge in [0.05, 0.1) is 18.5 Å². The van der Waals surface area contributed by atoms with Gasteiger partial charge < -0.3 is 14.5 Å². The van der Waals surface area contributed by atoms with Crippen molar-refractivity contribution in [3.05, 3.63) is 47.6 Å². The summed E-state index contributed by atoms with van der Waals surface area (Å²) in [5.74, 6) is 0.486. The van der Waals surface area contributed by atoms with E-state index in [1.165, 1.54) is 0 Å². The largest absolute Gasteiger partial charge is 0.450 e. The first-order valence-corrected chi connectivity index (χ1v) is 8.69. The van der Waals surface area contributed by atoms with E-state index in [1.807, 2.05) is 24.3 Å². The standard InChI is InChI=1S/C18H21ClN4O2/c1-2-25-18(24)21-17-7-6-16(13-20-17)23-10-8-22(9-11-23)15-5-3-4-14(19)12-15/h3-7,12-13H,2,8-11H2,1H3,(H,20,21,24). The number of piperazine rings is 1. The summed E-state index contributed by atoms with van der Waals surface area (Å²) in [5, 5.41) is 3.35. The maximum atomic E-state index is 11.4. The average molecular weight is 361 g/mol. The predicted octanol–water partition coefficient (Wildman–Crippen LogP) is 3.63. The number of nitrogens with zero attached hydrogens (tertiary/aromatic N) is 3. The second kappa shape index (κ2) is 8.07. The van der Waals surface area contributed by atoms with Gasteiger partial charge >= 0.3 is 6.09 Å². The molecular weight excluding hydrogens is 340 g/mol. The minimum absolute atomic E-state index is 0.334. The number of rotatable bonds is 4. The number of anilines is 3. The number of amides is 1. The number of pyridine rings is 1. The van der Waals surface area contributed by atoms with E-state index in [9.17, 15) is 4.79 Å². The molecule has 6 nitrogen and oxygen atoms in total. The third-order valence-electron chi connectivity index (χ3n) is 4.07. The first-order chi connectivity index (χ1) is 12.2. The van der Waals surface area contributed by atoms with Crippen LogP contribution in [0.1, 0.15) is 6.92 Å². The van der Waals surface area contributed by atoms with Gasteiger partial charge in [0.15, 0.2) is 0 Å². The van der Waals surface area contributed by atoms with Gasteiger partial charge in [0.2, 0.25) is 0 Å². The van der Waals surface area contributed by atoms with Gasteiger partial charge in [-0.3, -0.25) is 5.32 Å². The van der Waals surface area contributed by atoms with Gasteiger partial charge in [-0.15, -0.1) is 0 Å². The summed E-state index contributed by atoms with van der Waals surface area (Å²) in [6.45, 7) is 5.74. The first-order valence-electron chi connectivity index (χ1n) is 8.31. The van der Waals surface area contributed by atoms with Crippen LogP contribution in [0.5, 0.6) is 0 Å². The topological polar surface area (TPSA) is 57.7 Å². The number of aromatic nitrogens is 1. The van der Waals surface area contributed by atoms with Crippen molar-refractivity contribution in [2.24, 2.45) is 0 Å². The zero-order chi connectivity index (χ0) is 17.6. The summed E-state index contributed by atoms with van der Waals surface area (Å²) in [5.41, 5.74) is 2.19. The van der Waals surface area contributed by atoms with Crippen LogP contribution in [0.2, 0.25) is 5.02 Å². The molecule has 1 fully saturated rings. The molecule has 1 aliphatic rings. The Bertz CT molecular complexity index is 715. The van der Waals surface area contributed by atoms with Crippen molar-refractivity contribution in [3.8, 4) is 0 Å². The maximum Gasteiger partial charge on any atom is 0.412 e. The second-order valence-electron chi connectivity index (χ2n) is 5.70. The van der Waals surface area contributed by atoms with Crippen molar-refractivity contribution in [2.75, 3.05) is 47.9 Å². The monoisotopic (exact) mass is 360 g/mol. The third-order valence-corrected chi connectivity index (χ3v) is 4.31. The molecule has 132 valence electrons. The van der Waals surface area contributed by atoms with Gasteiger partial charge in [0.25, 0.3) is 0 Å². The van der Waals surface area contributed by atoms with Crippen molar-refractivity contribution >= 4 is 34.9 Å². The van der Waals surface area contributed by atoms with Crippen LogP contribution < -0.4 is 15.1 Å². The van der Waals surface area contributed by atoms with Crippen LogP contribution in [0.3, 0.4) is 0 Å². The lowest BCUT2D eigenvalue weighted by Gasteiger charge is -2.37. The van der Waals surface area contributed by atoms with Gasteiger partial charge in [-0.2, -0.15) is 0 Å². The number of benzene rings is 1. The van der Waals surface area contributed by atoms with Crippen molar-refractivity contribution in [1.82, 2.24) is 4.98 Å². The summed E-state index contributed by atoms with van der Waals surface area (Å²) >= 11 is 6.07. The number of halogens is 1.